The molecule has 1 aromatic rings. The van der Waals surface area contributed by atoms with Crippen LogP contribution in [0.15, 0.2) is 30.8 Å². The number of nitrogens with zero attached hydrogens (tertiary/aromatic N) is 1. The van der Waals surface area contributed by atoms with Gasteiger partial charge in [0.1, 0.15) is 12.0 Å². The number of phenols is 1. The van der Waals surface area contributed by atoms with Gasteiger partial charge in [-0.1, -0.05) is 19.9 Å². The Morgan fingerprint density at radius 3 is 2.73 bits per heavy atom. The zero-order chi connectivity index (χ0) is 16.3. The van der Waals surface area contributed by atoms with Gasteiger partial charge in [-0.3, -0.25) is 4.79 Å². The summed E-state index contributed by atoms with van der Waals surface area (Å²) in [6, 6.07) is 3.54. The van der Waals surface area contributed by atoms with Crippen LogP contribution in [0.2, 0.25) is 0 Å². The number of benzene rings is 1. The maximum Gasteiger partial charge on any atom is 0.305 e. The molecule has 0 saturated heterocycles. The number of aliphatic carboxylic acids is 1. The van der Waals surface area contributed by atoms with Gasteiger partial charge in [0.05, 0.1) is 6.42 Å². The molecule has 22 heavy (non-hydrogen) atoms. The van der Waals surface area contributed by atoms with Gasteiger partial charge in [-0.25, -0.2) is 0 Å². The highest BCUT2D eigenvalue weighted by Crippen LogP contribution is 2.36. The SMILES string of the molecule is Cc1ccc(O)c(C(C)C)c1C1=CN(CCC(=O)O)C=CO1. The number of carbonyl (C=O) groups is 1. The highest BCUT2D eigenvalue weighted by Gasteiger charge is 2.20. The van der Waals surface area contributed by atoms with Crippen LogP contribution in [0.4, 0.5) is 0 Å². The Hall–Kier alpha value is -2.43. The fourth-order valence-corrected chi connectivity index (χ4v) is 2.52. The summed E-state index contributed by atoms with van der Waals surface area (Å²) in [5.74, 6) is 0.153. The number of phenolic OH excluding ortho intramolecular Hbond substituents is 1. The molecule has 0 atom stereocenters. The Kier molecular flexibility index (Phi) is 4.75. The second-order valence-corrected chi connectivity index (χ2v) is 5.62. The summed E-state index contributed by atoms with van der Waals surface area (Å²) in [6.07, 6.45) is 5.05. The van der Waals surface area contributed by atoms with Crippen molar-refractivity contribution in [3.8, 4) is 5.75 Å². The molecule has 0 radical (unpaired) electrons. The maximum absolute atomic E-state index is 10.7. The number of hydrogen-bond acceptors (Lipinski definition) is 4. The van der Waals surface area contributed by atoms with Crippen LogP contribution in [0.1, 0.15) is 42.9 Å². The van der Waals surface area contributed by atoms with Crippen molar-refractivity contribution in [3.63, 3.8) is 0 Å². The molecule has 2 N–H and O–H groups in total. The first-order valence-corrected chi connectivity index (χ1v) is 7.25. The van der Waals surface area contributed by atoms with E-state index >= 15 is 0 Å². The number of aryl methyl sites for hydroxylation is 1. The molecule has 0 fully saturated rings. The van der Waals surface area contributed by atoms with E-state index in [1.54, 1.807) is 23.4 Å². The molecule has 0 unspecified atom stereocenters. The van der Waals surface area contributed by atoms with Crippen molar-refractivity contribution in [2.45, 2.75) is 33.1 Å². The molecule has 0 saturated carbocycles. The van der Waals surface area contributed by atoms with Gasteiger partial charge in [-0.2, -0.15) is 0 Å². The molecule has 1 aromatic carbocycles. The van der Waals surface area contributed by atoms with Crippen LogP contribution in [-0.2, 0) is 9.53 Å². The van der Waals surface area contributed by atoms with E-state index in [9.17, 15) is 9.90 Å². The molecule has 0 spiro atoms. The van der Waals surface area contributed by atoms with Crippen molar-refractivity contribution in [1.82, 2.24) is 4.90 Å². The molecule has 1 aliphatic rings. The quantitative estimate of drug-likeness (QED) is 0.872. The van der Waals surface area contributed by atoms with Gasteiger partial charge in [0.15, 0.2) is 5.76 Å². The van der Waals surface area contributed by atoms with E-state index < -0.39 is 5.97 Å². The Morgan fingerprint density at radius 1 is 1.36 bits per heavy atom. The monoisotopic (exact) mass is 303 g/mol. The molecule has 1 heterocycles. The standard InChI is InChI=1S/C17H21NO4/c1-11(2)16-13(19)5-4-12(3)17(16)14-10-18(8-9-22-14)7-6-15(20)21/h4-5,8-11,19H,6-7H2,1-3H3,(H,20,21). The summed E-state index contributed by atoms with van der Waals surface area (Å²) in [6.45, 7) is 6.36. The average Bonchev–Trinajstić information content (AvgIpc) is 2.47. The van der Waals surface area contributed by atoms with Crippen LogP contribution in [0, 0.1) is 6.92 Å². The summed E-state index contributed by atoms with van der Waals surface area (Å²) in [5, 5.41) is 19.0. The van der Waals surface area contributed by atoms with E-state index in [0.717, 1.165) is 16.7 Å². The van der Waals surface area contributed by atoms with Gasteiger partial charge in [0.2, 0.25) is 0 Å². The van der Waals surface area contributed by atoms with Crippen molar-refractivity contribution in [2.24, 2.45) is 0 Å². The molecule has 118 valence electrons. The summed E-state index contributed by atoms with van der Waals surface area (Å²) in [7, 11) is 0. The van der Waals surface area contributed by atoms with E-state index in [1.807, 2.05) is 26.8 Å². The average molecular weight is 303 g/mol. The summed E-state index contributed by atoms with van der Waals surface area (Å²) in [5.41, 5.74) is 2.70. The predicted octanol–water partition coefficient (Wildman–Crippen LogP) is 3.40. The minimum atomic E-state index is -0.841. The van der Waals surface area contributed by atoms with Crippen molar-refractivity contribution in [1.29, 1.82) is 0 Å². The largest absolute Gasteiger partial charge is 0.508 e. The number of rotatable bonds is 5. The van der Waals surface area contributed by atoms with E-state index in [2.05, 4.69) is 0 Å². The van der Waals surface area contributed by atoms with Crippen LogP contribution in [-0.4, -0.2) is 27.6 Å². The number of carboxylic acids is 1. The van der Waals surface area contributed by atoms with Gasteiger partial charge in [0, 0.05) is 30.1 Å². The van der Waals surface area contributed by atoms with Gasteiger partial charge in [0.25, 0.3) is 0 Å². The zero-order valence-electron chi connectivity index (χ0n) is 13.0. The first-order chi connectivity index (χ1) is 10.4. The van der Waals surface area contributed by atoms with E-state index in [-0.39, 0.29) is 18.1 Å². The summed E-state index contributed by atoms with van der Waals surface area (Å²) in [4.78, 5) is 12.5. The smallest absolute Gasteiger partial charge is 0.305 e. The lowest BCUT2D eigenvalue weighted by Crippen LogP contribution is -2.18. The van der Waals surface area contributed by atoms with E-state index in [4.69, 9.17) is 9.84 Å². The maximum atomic E-state index is 10.7. The van der Waals surface area contributed by atoms with Crippen LogP contribution in [0.5, 0.6) is 5.75 Å². The Labute approximate surface area is 130 Å². The predicted molar refractivity (Wildman–Crippen MR) is 84.1 cm³/mol. The fourth-order valence-electron chi connectivity index (χ4n) is 2.52. The number of carboxylic acid groups (broad SMARTS) is 1. The Bertz CT molecular complexity index is 632. The number of aromatic hydroxyl groups is 1. The van der Waals surface area contributed by atoms with E-state index in [0.29, 0.717) is 12.3 Å². The minimum Gasteiger partial charge on any atom is -0.508 e. The van der Waals surface area contributed by atoms with Crippen LogP contribution in [0.25, 0.3) is 5.76 Å². The first kappa shape index (κ1) is 15.9. The molecule has 1 aliphatic heterocycles. The van der Waals surface area contributed by atoms with Gasteiger partial charge in [-0.15, -0.1) is 0 Å². The lowest BCUT2D eigenvalue weighted by Gasteiger charge is -2.24. The fraction of sp³-hybridized carbons (Fsp3) is 0.353. The first-order valence-electron chi connectivity index (χ1n) is 7.25. The molecule has 0 amide bonds. The van der Waals surface area contributed by atoms with Gasteiger partial charge >= 0.3 is 5.97 Å². The molecular weight excluding hydrogens is 282 g/mol. The Morgan fingerprint density at radius 2 is 2.09 bits per heavy atom. The molecule has 0 aliphatic carbocycles. The molecule has 0 aromatic heterocycles. The molecular formula is C17H21NO4. The second kappa shape index (κ2) is 6.56. The normalized spacial score (nSPS) is 14.0. The zero-order valence-corrected chi connectivity index (χ0v) is 13.0. The summed E-state index contributed by atoms with van der Waals surface area (Å²) < 4.78 is 5.61. The van der Waals surface area contributed by atoms with E-state index in [1.165, 1.54) is 6.26 Å². The van der Waals surface area contributed by atoms with Crippen molar-refractivity contribution >= 4 is 11.7 Å². The highest BCUT2D eigenvalue weighted by molar-refractivity contribution is 5.70. The van der Waals surface area contributed by atoms with Crippen molar-refractivity contribution in [2.75, 3.05) is 6.54 Å². The van der Waals surface area contributed by atoms with Gasteiger partial charge in [-0.05, 0) is 24.5 Å². The molecule has 2 rings (SSSR count). The lowest BCUT2D eigenvalue weighted by molar-refractivity contribution is -0.137. The van der Waals surface area contributed by atoms with Crippen LogP contribution < -0.4 is 0 Å². The third kappa shape index (κ3) is 3.42. The summed E-state index contributed by atoms with van der Waals surface area (Å²) >= 11 is 0. The number of hydrogen-bond donors (Lipinski definition) is 2. The van der Waals surface area contributed by atoms with Crippen LogP contribution >= 0.6 is 0 Å². The topological polar surface area (TPSA) is 70.0 Å². The second-order valence-electron chi connectivity index (χ2n) is 5.62. The molecule has 5 heteroatoms. The van der Waals surface area contributed by atoms with Crippen molar-refractivity contribution in [3.05, 3.63) is 47.5 Å². The van der Waals surface area contributed by atoms with Crippen molar-refractivity contribution < 1.29 is 19.7 Å². The third-order valence-corrected chi connectivity index (χ3v) is 3.57. The lowest BCUT2D eigenvalue weighted by atomic mass is 9.91. The molecule has 0 bridgehead atoms. The Balaban J connectivity index is 2.39. The van der Waals surface area contributed by atoms with Gasteiger partial charge < -0.3 is 19.8 Å². The third-order valence-electron chi connectivity index (χ3n) is 3.57. The number of ether oxygens (including phenoxy) is 1. The molecule has 5 nitrogen and oxygen atoms in total. The minimum absolute atomic E-state index is 0.0458. The highest BCUT2D eigenvalue weighted by atomic mass is 16.5. The van der Waals surface area contributed by atoms with Crippen LogP contribution in [0.3, 0.4) is 0 Å².